The second kappa shape index (κ2) is 13.1. The quantitative estimate of drug-likeness (QED) is 0.301. The molecule has 1 unspecified atom stereocenters. The average molecular weight is 579 g/mol. The first-order chi connectivity index (χ1) is 20.2. The van der Waals surface area contributed by atoms with E-state index >= 15 is 0 Å². The minimum absolute atomic E-state index is 0.146. The first kappa shape index (κ1) is 30.5. The van der Waals surface area contributed by atoms with E-state index in [2.05, 4.69) is 56.8 Å². The van der Waals surface area contributed by atoms with Gasteiger partial charge in [-0.2, -0.15) is 0 Å². The molecule has 3 aliphatic rings. The SMILES string of the molecule is CCc1nc(C(N)=O)c(Nc2ccc(N3CCC(C4CN(C)CCN4)CC3)c(C)c2)nc1N[C@H]1CC[C@](O)(CC)CC1. The Bertz CT molecular complexity index is 1240. The van der Waals surface area contributed by atoms with Crippen LogP contribution in [0.1, 0.15) is 80.5 Å². The van der Waals surface area contributed by atoms with Crippen molar-refractivity contribution in [2.24, 2.45) is 11.7 Å². The van der Waals surface area contributed by atoms with Gasteiger partial charge >= 0.3 is 0 Å². The first-order valence-corrected chi connectivity index (χ1v) is 15.9. The van der Waals surface area contributed by atoms with E-state index < -0.39 is 11.5 Å². The Morgan fingerprint density at radius 3 is 2.48 bits per heavy atom. The molecule has 1 aliphatic carbocycles. The van der Waals surface area contributed by atoms with Gasteiger partial charge in [0.15, 0.2) is 11.5 Å². The van der Waals surface area contributed by atoms with E-state index in [1.807, 2.05) is 19.9 Å². The number of hydrogen-bond donors (Lipinski definition) is 5. The number of piperidine rings is 1. The third kappa shape index (κ3) is 6.98. The van der Waals surface area contributed by atoms with Gasteiger partial charge in [0.2, 0.25) is 0 Å². The van der Waals surface area contributed by atoms with E-state index in [9.17, 15) is 9.90 Å². The molecule has 0 spiro atoms. The summed E-state index contributed by atoms with van der Waals surface area (Å²) in [5.41, 5.74) is 9.32. The Balaban J connectivity index is 1.28. The number of carbonyl (C=O) groups excluding carboxylic acids is 1. The van der Waals surface area contributed by atoms with E-state index in [1.165, 1.54) is 24.1 Å². The lowest BCUT2D eigenvalue weighted by molar-refractivity contribution is -0.00196. The van der Waals surface area contributed by atoms with Gasteiger partial charge < -0.3 is 36.6 Å². The lowest BCUT2D eigenvalue weighted by Crippen LogP contribution is -2.54. The fraction of sp³-hybridized carbons (Fsp3) is 0.656. The van der Waals surface area contributed by atoms with Gasteiger partial charge in [0, 0.05) is 56.2 Å². The molecule has 1 aromatic heterocycles. The van der Waals surface area contributed by atoms with Gasteiger partial charge in [0.25, 0.3) is 5.91 Å². The highest BCUT2D eigenvalue weighted by Gasteiger charge is 2.32. The van der Waals surface area contributed by atoms with Crippen LogP contribution in [0.2, 0.25) is 0 Å². The standard InChI is InChI=1S/C32H50N8O2/c1-5-25-30(35-23-9-13-32(42,6-2)14-10-23)38-31(28(37-25)29(33)41)36-24-7-8-27(21(3)19-24)40-16-11-22(12-17-40)26-20-39(4)18-15-34-26/h7-8,19,22-23,26,34,42H,5-6,9-18,20H2,1-4H3,(H2,33,41)(H2,35,36,38)/t23-,26?,32+. The van der Waals surface area contributed by atoms with Crippen molar-refractivity contribution in [3.63, 3.8) is 0 Å². The molecule has 2 saturated heterocycles. The molecule has 1 amide bonds. The summed E-state index contributed by atoms with van der Waals surface area (Å²) in [5, 5.41) is 21.3. The van der Waals surface area contributed by atoms with Crippen LogP contribution in [-0.4, -0.2) is 83.3 Å². The Morgan fingerprint density at radius 2 is 1.86 bits per heavy atom. The summed E-state index contributed by atoms with van der Waals surface area (Å²) in [7, 11) is 2.22. The fourth-order valence-electron chi connectivity index (χ4n) is 6.95. The first-order valence-electron chi connectivity index (χ1n) is 15.9. The molecule has 0 bridgehead atoms. The number of hydrogen-bond acceptors (Lipinski definition) is 9. The normalized spacial score (nSPS) is 25.8. The van der Waals surface area contributed by atoms with Crippen molar-refractivity contribution >= 4 is 28.9 Å². The van der Waals surface area contributed by atoms with E-state index in [4.69, 9.17) is 10.7 Å². The number of nitrogens with one attached hydrogen (secondary N) is 3. The van der Waals surface area contributed by atoms with Crippen LogP contribution in [-0.2, 0) is 6.42 Å². The van der Waals surface area contributed by atoms with Gasteiger partial charge in [0.05, 0.1) is 11.3 Å². The van der Waals surface area contributed by atoms with Gasteiger partial charge in [-0.1, -0.05) is 13.8 Å². The van der Waals surface area contributed by atoms with Crippen LogP contribution in [0.15, 0.2) is 18.2 Å². The fourth-order valence-corrected chi connectivity index (χ4v) is 6.95. The third-order valence-corrected chi connectivity index (χ3v) is 9.77. The predicted molar refractivity (Wildman–Crippen MR) is 170 cm³/mol. The lowest BCUT2D eigenvalue weighted by atomic mass is 9.80. The van der Waals surface area contributed by atoms with E-state index in [-0.39, 0.29) is 11.7 Å². The number of nitrogens with two attached hydrogens (primary N) is 1. The van der Waals surface area contributed by atoms with Crippen molar-refractivity contribution in [3.8, 4) is 0 Å². The van der Waals surface area contributed by atoms with E-state index in [0.717, 1.165) is 82.1 Å². The molecule has 2 aromatic rings. The smallest absolute Gasteiger partial charge is 0.271 e. The summed E-state index contributed by atoms with van der Waals surface area (Å²) in [6, 6.07) is 7.11. The number of piperazine rings is 1. The van der Waals surface area contributed by atoms with Crippen molar-refractivity contribution < 1.29 is 9.90 Å². The maximum atomic E-state index is 12.4. The molecule has 10 nitrogen and oxygen atoms in total. The van der Waals surface area contributed by atoms with Crippen molar-refractivity contribution in [2.45, 2.75) is 89.8 Å². The van der Waals surface area contributed by atoms with Crippen molar-refractivity contribution in [2.75, 3.05) is 55.3 Å². The molecule has 230 valence electrons. The minimum atomic E-state index is -0.605. The van der Waals surface area contributed by atoms with Crippen molar-refractivity contribution in [1.82, 2.24) is 20.2 Å². The monoisotopic (exact) mass is 578 g/mol. The number of rotatable bonds is 9. The highest BCUT2D eigenvalue weighted by Crippen LogP contribution is 2.34. The Kier molecular flexibility index (Phi) is 9.54. The molecule has 3 fully saturated rings. The maximum absolute atomic E-state index is 12.4. The number of aryl methyl sites for hydroxylation is 2. The van der Waals surface area contributed by atoms with Gasteiger partial charge in [-0.15, -0.1) is 0 Å². The average Bonchev–Trinajstić information content (AvgIpc) is 2.98. The topological polar surface area (TPSA) is 132 Å². The van der Waals surface area contributed by atoms with Crippen LogP contribution in [0.3, 0.4) is 0 Å². The summed E-state index contributed by atoms with van der Waals surface area (Å²) in [6.07, 6.45) is 7.04. The summed E-state index contributed by atoms with van der Waals surface area (Å²) < 4.78 is 0. The molecule has 10 heteroatoms. The van der Waals surface area contributed by atoms with Crippen molar-refractivity contribution in [3.05, 3.63) is 35.2 Å². The molecule has 1 saturated carbocycles. The molecule has 2 aliphatic heterocycles. The highest BCUT2D eigenvalue weighted by molar-refractivity contribution is 5.96. The zero-order chi connectivity index (χ0) is 29.9. The van der Waals surface area contributed by atoms with Gasteiger partial charge in [-0.25, -0.2) is 9.97 Å². The molecule has 0 radical (unpaired) electrons. The third-order valence-electron chi connectivity index (χ3n) is 9.77. The maximum Gasteiger partial charge on any atom is 0.271 e. The second-order valence-electron chi connectivity index (χ2n) is 12.7. The van der Waals surface area contributed by atoms with Crippen LogP contribution in [0.25, 0.3) is 0 Å². The Morgan fingerprint density at radius 1 is 1.12 bits per heavy atom. The highest BCUT2D eigenvalue weighted by atomic mass is 16.3. The number of likely N-dealkylation sites (N-methyl/N-ethyl adjacent to an activating group) is 1. The molecule has 1 aromatic carbocycles. The molecule has 3 heterocycles. The summed E-state index contributed by atoms with van der Waals surface area (Å²) in [4.78, 5) is 26.8. The van der Waals surface area contributed by atoms with Gasteiger partial charge in [-0.3, -0.25) is 4.79 Å². The van der Waals surface area contributed by atoms with E-state index in [1.54, 1.807) is 0 Å². The van der Waals surface area contributed by atoms with Crippen molar-refractivity contribution in [1.29, 1.82) is 0 Å². The van der Waals surface area contributed by atoms with Crippen LogP contribution in [0.4, 0.5) is 23.0 Å². The zero-order valence-electron chi connectivity index (χ0n) is 25.9. The number of anilines is 4. The minimum Gasteiger partial charge on any atom is -0.390 e. The Hall–Kier alpha value is -2.95. The Labute approximate surface area is 250 Å². The number of benzene rings is 1. The molecular weight excluding hydrogens is 528 g/mol. The zero-order valence-corrected chi connectivity index (χ0v) is 25.9. The number of amides is 1. The molecule has 1 atom stereocenters. The van der Waals surface area contributed by atoms with Crippen LogP contribution < -0.4 is 26.6 Å². The summed E-state index contributed by atoms with van der Waals surface area (Å²) >= 11 is 0. The van der Waals surface area contributed by atoms with Crippen LogP contribution in [0, 0.1) is 12.8 Å². The second-order valence-corrected chi connectivity index (χ2v) is 12.7. The number of primary amides is 1. The predicted octanol–water partition coefficient (Wildman–Crippen LogP) is 3.81. The lowest BCUT2D eigenvalue weighted by Gasteiger charge is -2.41. The number of carbonyl (C=O) groups is 1. The van der Waals surface area contributed by atoms with E-state index in [0.29, 0.717) is 24.1 Å². The molecule has 42 heavy (non-hydrogen) atoms. The summed E-state index contributed by atoms with van der Waals surface area (Å²) in [5.74, 6) is 1.15. The number of aromatic nitrogens is 2. The number of aliphatic hydroxyl groups is 1. The molecule has 5 rings (SSSR count). The largest absolute Gasteiger partial charge is 0.390 e. The summed E-state index contributed by atoms with van der Waals surface area (Å²) in [6.45, 7) is 11.6. The number of nitrogens with zero attached hydrogens (tertiary/aromatic N) is 4. The molecular formula is C32H50N8O2. The van der Waals surface area contributed by atoms with Crippen LogP contribution in [0.5, 0.6) is 0 Å². The van der Waals surface area contributed by atoms with Gasteiger partial charge in [0.1, 0.15) is 5.82 Å². The van der Waals surface area contributed by atoms with Crippen LogP contribution >= 0.6 is 0 Å². The molecule has 6 N–H and O–H groups in total. The van der Waals surface area contributed by atoms with Gasteiger partial charge in [-0.05, 0) is 95.0 Å².